The average Bonchev–Trinajstić information content (AvgIpc) is 2.62. The van der Waals surface area contributed by atoms with Crippen LogP contribution in [0.2, 0.25) is 0 Å². The van der Waals surface area contributed by atoms with Crippen molar-refractivity contribution in [3.05, 3.63) is 65.7 Å². The van der Waals surface area contributed by atoms with Gasteiger partial charge in [0.2, 0.25) is 10.0 Å². The summed E-state index contributed by atoms with van der Waals surface area (Å²) in [5, 5.41) is 0. The van der Waals surface area contributed by atoms with Crippen LogP contribution >= 0.6 is 0 Å². The normalized spacial score (nSPS) is 13.8. The molecule has 0 spiro atoms. The number of ether oxygens (including phenoxy) is 1. The molecule has 2 aromatic carbocycles. The number of aryl methyl sites for hydroxylation is 1. The minimum atomic E-state index is -3.82. The first-order valence-corrected chi connectivity index (χ1v) is 10.0. The van der Waals surface area contributed by atoms with Crippen molar-refractivity contribution in [2.75, 3.05) is 7.11 Å². The molecule has 5 nitrogen and oxygen atoms in total. The van der Waals surface area contributed by atoms with E-state index in [2.05, 4.69) is 4.72 Å². The molecule has 1 unspecified atom stereocenters. The van der Waals surface area contributed by atoms with Crippen molar-refractivity contribution < 1.29 is 17.9 Å². The van der Waals surface area contributed by atoms with Crippen molar-refractivity contribution >= 4 is 16.0 Å². The summed E-state index contributed by atoms with van der Waals surface area (Å²) in [6.45, 7) is 3.85. The molecule has 0 radical (unpaired) electrons. The van der Waals surface area contributed by atoms with E-state index in [0.717, 1.165) is 11.1 Å². The van der Waals surface area contributed by atoms with Gasteiger partial charge < -0.3 is 4.74 Å². The van der Waals surface area contributed by atoms with Gasteiger partial charge in [-0.15, -0.1) is 0 Å². The van der Waals surface area contributed by atoms with Gasteiger partial charge >= 0.3 is 5.97 Å². The molecule has 2 aromatic rings. The third kappa shape index (κ3) is 4.71. The molecule has 0 heterocycles. The summed E-state index contributed by atoms with van der Waals surface area (Å²) < 4.78 is 33.7. The van der Waals surface area contributed by atoms with Gasteiger partial charge in [-0.25, -0.2) is 8.42 Å². The molecule has 0 saturated carbocycles. The first-order valence-electron chi connectivity index (χ1n) is 8.56. The second-order valence-electron chi connectivity index (χ2n) is 6.37. The average molecular weight is 375 g/mol. The number of methoxy groups -OCH3 is 1. The number of nitrogens with one attached hydrogen (secondary N) is 1. The van der Waals surface area contributed by atoms with Gasteiger partial charge in [0.15, 0.2) is 0 Å². The Morgan fingerprint density at radius 2 is 1.69 bits per heavy atom. The van der Waals surface area contributed by atoms with E-state index in [1.165, 1.54) is 7.11 Å². The van der Waals surface area contributed by atoms with Crippen LogP contribution < -0.4 is 4.72 Å². The zero-order valence-electron chi connectivity index (χ0n) is 15.4. The lowest BCUT2D eigenvalue weighted by molar-refractivity contribution is -0.142. The Hall–Kier alpha value is -2.18. The highest BCUT2D eigenvalue weighted by atomic mass is 32.2. The molecule has 6 heteroatoms. The first kappa shape index (κ1) is 20.1. The molecule has 0 aromatic heterocycles. The third-order valence-corrected chi connectivity index (χ3v) is 5.89. The third-order valence-electron chi connectivity index (χ3n) is 4.34. The fraction of sp³-hybridized carbons (Fsp3) is 0.350. The maximum absolute atomic E-state index is 13.0. The highest BCUT2D eigenvalue weighted by Gasteiger charge is 2.38. The maximum Gasteiger partial charge on any atom is 0.307 e. The van der Waals surface area contributed by atoms with Crippen LogP contribution in [0.15, 0.2) is 59.5 Å². The van der Waals surface area contributed by atoms with Crippen molar-refractivity contribution in [2.45, 2.75) is 43.5 Å². The molecule has 0 saturated heterocycles. The monoisotopic (exact) mass is 375 g/mol. The smallest absolute Gasteiger partial charge is 0.307 e. The van der Waals surface area contributed by atoms with Gasteiger partial charge in [-0.2, -0.15) is 4.72 Å². The first-order chi connectivity index (χ1) is 12.3. The van der Waals surface area contributed by atoms with Gasteiger partial charge in [0.25, 0.3) is 0 Å². The molecule has 26 heavy (non-hydrogen) atoms. The van der Waals surface area contributed by atoms with Gasteiger partial charge in [0.1, 0.15) is 0 Å². The van der Waals surface area contributed by atoms with Gasteiger partial charge in [0.05, 0.1) is 24.0 Å². The summed E-state index contributed by atoms with van der Waals surface area (Å²) in [7, 11) is -2.51. The van der Waals surface area contributed by atoms with E-state index in [1.54, 1.807) is 24.3 Å². The molecule has 2 rings (SSSR count). The molecule has 0 aliphatic rings. The Labute approximate surface area is 155 Å². The topological polar surface area (TPSA) is 72.5 Å². The van der Waals surface area contributed by atoms with E-state index in [0.29, 0.717) is 12.8 Å². The summed E-state index contributed by atoms with van der Waals surface area (Å²) in [5.74, 6) is -0.464. The van der Waals surface area contributed by atoms with Crippen LogP contribution in [0.5, 0.6) is 0 Å². The van der Waals surface area contributed by atoms with Crippen molar-refractivity contribution in [3.63, 3.8) is 0 Å². The minimum absolute atomic E-state index is 0.0769. The zero-order valence-corrected chi connectivity index (χ0v) is 16.2. The molecule has 1 N–H and O–H groups in total. The molecule has 0 aliphatic heterocycles. The Balaban J connectivity index is 2.51. The second kappa shape index (κ2) is 8.47. The van der Waals surface area contributed by atoms with Crippen LogP contribution in [0.1, 0.15) is 37.3 Å². The molecule has 0 amide bonds. The SMILES string of the molecule is CCCC(CC(=O)OC)(NS(=O)(=O)c1ccc(C)cc1)c1ccccc1. The molecule has 0 bridgehead atoms. The van der Waals surface area contributed by atoms with E-state index >= 15 is 0 Å². The summed E-state index contributed by atoms with van der Waals surface area (Å²) in [6.07, 6.45) is 1.09. The largest absolute Gasteiger partial charge is 0.469 e. The Bertz CT molecular complexity index is 832. The Kier molecular flexibility index (Phi) is 6.56. The predicted molar refractivity (Wildman–Crippen MR) is 101 cm³/mol. The number of sulfonamides is 1. The van der Waals surface area contributed by atoms with Crippen molar-refractivity contribution in [1.29, 1.82) is 0 Å². The fourth-order valence-electron chi connectivity index (χ4n) is 3.02. The van der Waals surface area contributed by atoms with E-state index in [-0.39, 0.29) is 11.3 Å². The highest BCUT2D eigenvalue weighted by molar-refractivity contribution is 7.89. The van der Waals surface area contributed by atoms with E-state index in [9.17, 15) is 13.2 Å². The van der Waals surface area contributed by atoms with Crippen LogP contribution in [-0.2, 0) is 25.1 Å². The van der Waals surface area contributed by atoms with Crippen LogP contribution in [-0.4, -0.2) is 21.5 Å². The standard InChI is InChI=1S/C20H25NO4S/c1-4-14-20(15-19(22)25-3,17-8-6-5-7-9-17)21-26(23,24)18-12-10-16(2)11-13-18/h5-13,21H,4,14-15H2,1-3H3. The summed E-state index contributed by atoms with van der Waals surface area (Å²) in [4.78, 5) is 12.3. The van der Waals surface area contributed by atoms with Gasteiger partial charge in [-0.1, -0.05) is 61.4 Å². The molecule has 0 aliphatic carbocycles. The highest BCUT2D eigenvalue weighted by Crippen LogP contribution is 2.33. The number of esters is 1. The Morgan fingerprint density at radius 3 is 2.23 bits per heavy atom. The van der Waals surface area contributed by atoms with E-state index in [4.69, 9.17) is 4.74 Å². The molecular weight excluding hydrogens is 350 g/mol. The van der Waals surface area contributed by atoms with Crippen LogP contribution in [0.25, 0.3) is 0 Å². The van der Waals surface area contributed by atoms with Crippen LogP contribution in [0, 0.1) is 6.92 Å². The van der Waals surface area contributed by atoms with Gasteiger partial charge in [-0.3, -0.25) is 4.79 Å². The van der Waals surface area contributed by atoms with Crippen molar-refractivity contribution in [3.8, 4) is 0 Å². The number of rotatable bonds is 8. The quantitative estimate of drug-likeness (QED) is 0.717. The maximum atomic E-state index is 13.0. The van der Waals surface area contributed by atoms with Crippen LogP contribution in [0.3, 0.4) is 0 Å². The van der Waals surface area contributed by atoms with E-state index in [1.807, 2.05) is 44.2 Å². The molecule has 140 valence electrons. The molecule has 1 atom stereocenters. The minimum Gasteiger partial charge on any atom is -0.469 e. The Morgan fingerprint density at radius 1 is 1.08 bits per heavy atom. The van der Waals surface area contributed by atoms with Crippen molar-refractivity contribution in [2.24, 2.45) is 0 Å². The summed E-state index contributed by atoms with van der Waals surface area (Å²) in [5.41, 5.74) is 0.650. The second-order valence-corrected chi connectivity index (χ2v) is 8.05. The lowest BCUT2D eigenvalue weighted by atomic mass is 9.83. The summed E-state index contributed by atoms with van der Waals surface area (Å²) in [6, 6.07) is 15.8. The number of hydrogen-bond donors (Lipinski definition) is 1. The predicted octanol–water partition coefficient (Wildman–Crippen LogP) is 3.53. The van der Waals surface area contributed by atoms with Gasteiger partial charge in [-0.05, 0) is 31.0 Å². The van der Waals surface area contributed by atoms with Crippen LogP contribution in [0.4, 0.5) is 0 Å². The van der Waals surface area contributed by atoms with Crippen molar-refractivity contribution in [1.82, 2.24) is 4.72 Å². The van der Waals surface area contributed by atoms with E-state index < -0.39 is 21.5 Å². The summed E-state index contributed by atoms with van der Waals surface area (Å²) >= 11 is 0. The van der Waals surface area contributed by atoms with Gasteiger partial charge in [0, 0.05) is 0 Å². The lowest BCUT2D eigenvalue weighted by Gasteiger charge is -2.34. The zero-order chi connectivity index (χ0) is 19.2. The number of carbonyl (C=O) groups excluding carboxylic acids is 1. The number of benzene rings is 2. The molecular formula is C20H25NO4S. The lowest BCUT2D eigenvalue weighted by Crippen LogP contribution is -2.47. The molecule has 0 fully saturated rings. The fourth-order valence-corrected chi connectivity index (χ4v) is 4.44. The number of carbonyl (C=O) groups is 1. The number of hydrogen-bond acceptors (Lipinski definition) is 4.